The summed E-state index contributed by atoms with van der Waals surface area (Å²) in [7, 11) is 0. The summed E-state index contributed by atoms with van der Waals surface area (Å²) < 4.78 is 13.5. The molecule has 1 aromatic carbocycles. The molecule has 4 heteroatoms. The summed E-state index contributed by atoms with van der Waals surface area (Å²) in [5.74, 6) is -0.370. The average Bonchev–Trinajstić information content (AvgIpc) is 2.43. The molecule has 106 valence electrons. The molecular weight excluding hydrogens is 275 g/mol. The molecule has 20 heavy (non-hydrogen) atoms. The summed E-state index contributed by atoms with van der Waals surface area (Å²) in [5, 5.41) is 3.60. The van der Waals surface area contributed by atoms with Crippen LogP contribution in [-0.2, 0) is 6.42 Å². The molecule has 1 heterocycles. The molecule has 0 amide bonds. The number of nitrogens with one attached hydrogen (secondary N) is 1. The Hall–Kier alpha value is -1.45. The second-order valence-corrected chi connectivity index (χ2v) is 5.20. The van der Waals surface area contributed by atoms with Gasteiger partial charge in [-0.15, -0.1) is 0 Å². The fraction of sp³-hybridized carbons (Fsp3) is 0.312. The van der Waals surface area contributed by atoms with E-state index in [4.69, 9.17) is 11.6 Å². The predicted octanol–water partition coefficient (Wildman–Crippen LogP) is 4.08. The summed E-state index contributed by atoms with van der Waals surface area (Å²) in [6, 6.07) is 7.13. The second-order valence-electron chi connectivity index (χ2n) is 4.80. The van der Waals surface area contributed by atoms with Gasteiger partial charge in [-0.1, -0.05) is 24.6 Å². The van der Waals surface area contributed by atoms with Crippen LogP contribution >= 0.6 is 11.6 Å². The van der Waals surface area contributed by atoms with Gasteiger partial charge in [0.2, 0.25) is 0 Å². The first-order valence-corrected chi connectivity index (χ1v) is 7.07. The molecule has 0 bridgehead atoms. The van der Waals surface area contributed by atoms with Crippen molar-refractivity contribution < 1.29 is 4.39 Å². The summed E-state index contributed by atoms with van der Waals surface area (Å²) in [6.45, 7) is 4.95. The molecule has 2 nitrogen and oxygen atoms in total. The van der Waals surface area contributed by atoms with Gasteiger partial charge < -0.3 is 5.32 Å². The Kier molecular flexibility index (Phi) is 5.10. The number of benzene rings is 1. The van der Waals surface area contributed by atoms with E-state index >= 15 is 0 Å². The Balaban J connectivity index is 2.25. The van der Waals surface area contributed by atoms with Crippen molar-refractivity contribution in [3.8, 4) is 0 Å². The molecule has 0 aliphatic carbocycles. The molecule has 0 spiro atoms. The standard InChI is InChI=1S/C16H18ClFN2/c1-3-20-16(13-6-7-19-10-11(13)2)9-12-4-5-14(17)15(18)8-12/h4-8,10,16,20H,3,9H2,1-2H3. The molecule has 0 aliphatic rings. The average molecular weight is 293 g/mol. The minimum absolute atomic E-state index is 0.142. The highest BCUT2D eigenvalue weighted by atomic mass is 35.5. The Morgan fingerprint density at radius 2 is 2.15 bits per heavy atom. The molecule has 0 saturated heterocycles. The lowest BCUT2D eigenvalue weighted by Gasteiger charge is -2.20. The zero-order valence-corrected chi connectivity index (χ0v) is 12.4. The Morgan fingerprint density at radius 1 is 1.35 bits per heavy atom. The van der Waals surface area contributed by atoms with Crippen LogP contribution in [0.1, 0.15) is 29.7 Å². The van der Waals surface area contributed by atoms with Crippen molar-refractivity contribution in [1.29, 1.82) is 0 Å². The van der Waals surface area contributed by atoms with Crippen molar-refractivity contribution in [2.45, 2.75) is 26.3 Å². The van der Waals surface area contributed by atoms with Gasteiger partial charge in [0.25, 0.3) is 0 Å². The monoisotopic (exact) mass is 292 g/mol. The maximum absolute atomic E-state index is 13.5. The van der Waals surface area contributed by atoms with Crippen LogP contribution < -0.4 is 5.32 Å². The number of aromatic nitrogens is 1. The van der Waals surface area contributed by atoms with Gasteiger partial charge in [-0.25, -0.2) is 4.39 Å². The van der Waals surface area contributed by atoms with Gasteiger partial charge in [0, 0.05) is 18.4 Å². The Morgan fingerprint density at radius 3 is 2.80 bits per heavy atom. The molecule has 0 radical (unpaired) electrons. The summed E-state index contributed by atoms with van der Waals surface area (Å²) >= 11 is 5.72. The van der Waals surface area contributed by atoms with E-state index in [-0.39, 0.29) is 16.9 Å². The molecule has 0 saturated carbocycles. The number of hydrogen-bond donors (Lipinski definition) is 1. The first-order valence-electron chi connectivity index (χ1n) is 6.69. The van der Waals surface area contributed by atoms with Crippen LogP contribution in [0.15, 0.2) is 36.7 Å². The maximum Gasteiger partial charge on any atom is 0.142 e. The van der Waals surface area contributed by atoms with E-state index in [2.05, 4.69) is 17.2 Å². The fourth-order valence-corrected chi connectivity index (χ4v) is 2.43. The summed E-state index contributed by atoms with van der Waals surface area (Å²) in [5.41, 5.74) is 3.25. The maximum atomic E-state index is 13.5. The number of halogens is 2. The van der Waals surface area contributed by atoms with E-state index in [0.717, 1.165) is 17.7 Å². The lowest BCUT2D eigenvalue weighted by atomic mass is 9.96. The third-order valence-corrected chi connectivity index (χ3v) is 3.62. The molecule has 2 aromatic rings. The van der Waals surface area contributed by atoms with Crippen LogP contribution in [0.5, 0.6) is 0 Å². The highest BCUT2D eigenvalue weighted by Crippen LogP contribution is 2.23. The SMILES string of the molecule is CCNC(Cc1ccc(Cl)c(F)c1)c1ccncc1C. The highest BCUT2D eigenvalue weighted by molar-refractivity contribution is 6.30. The van der Waals surface area contributed by atoms with E-state index < -0.39 is 0 Å². The second kappa shape index (κ2) is 6.82. The molecule has 1 aromatic heterocycles. The van der Waals surface area contributed by atoms with Gasteiger partial charge in [0.15, 0.2) is 0 Å². The minimum Gasteiger partial charge on any atom is -0.310 e. The van der Waals surface area contributed by atoms with Crippen LogP contribution in [0.25, 0.3) is 0 Å². The normalized spacial score (nSPS) is 12.4. The van der Waals surface area contributed by atoms with Crippen molar-refractivity contribution in [2.24, 2.45) is 0 Å². The first-order chi connectivity index (χ1) is 9.61. The van der Waals surface area contributed by atoms with Crippen molar-refractivity contribution >= 4 is 11.6 Å². The smallest absolute Gasteiger partial charge is 0.142 e. The van der Waals surface area contributed by atoms with Crippen molar-refractivity contribution in [3.63, 3.8) is 0 Å². The molecule has 1 unspecified atom stereocenters. The van der Waals surface area contributed by atoms with E-state index in [0.29, 0.717) is 6.42 Å². The van der Waals surface area contributed by atoms with Gasteiger partial charge in [-0.2, -0.15) is 0 Å². The third-order valence-electron chi connectivity index (χ3n) is 3.31. The number of rotatable bonds is 5. The first kappa shape index (κ1) is 14.9. The predicted molar refractivity (Wildman–Crippen MR) is 80.5 cm³/mol. The topological polar surface area (TPSA) is 24.9 Å². The third kappa shape index (κ3) is 3.56. The van der Waals surface area contributed by atoms with Crippen molar-refractivity contribution in [1.82, 2.24) is 10.3 Å². The fourth-order valence-electron chi connectivity index (χ4n) is 2.32. The number of likely N-dealkylation sites (N-methyl/N-ethyl adjacent to an activating group) is 1. The van der Waals surface area contributed by atoms with Crippen LogP contribution in [-0.4, -0.2) is 11.5 Å². The molecular formula is C16H18ClFN2. The molecule has 0 aliphatic heterocycles. The quantitative estimate of drug-likeness (QED) is 0.898. The zero-order valence-electron chi connectivity index (χ0n) is 11.7. The van der Waals surface area contributed by atoms with E-state index in [1.807, 2.05) is 25.3 Å². The lowest BCUT2D eigenvalue weighted by molar-refractivity contribution is 0.544. The number of nitrogens with zero attached hydrogens (tertiary/aromatic N) is 1. The van der Waals surface area contributed by atoms with Crippen molar-refractivity contribution in [2.75, 3.05) is 6.54 Å². The molecule has 2 rings (SSSR count). The molecule has 1 atom stereocenters. The van der Waals surface area contributed by atoms with Crippen LogP contribution in [0.4, 0.5) is 4.39 Å². The number of aryl methyl sites for hydroxylation is 1. The van der Waals surface area contributed by atoms with Gasteiger partial charge in [0.05, 0.1) is 5.02 Å². The number of pyridine rings is 1. The van der Waals surface area contributed by atoms with Crippen LogP contribution in [0, 0.1) is 12.7 Å². The Labute approximate surface area is 124 Å². The zero-order chi connectivity index (χ0) is 14.5. The summed E-state index contributed by atoms with van der Waals surface area (Å²) in [4.78, 5) is 4.11. The summed E-state index contributed by atoms with van der Waals surface area (Å²) in [6.07, 6.45) is 4.35. The van der Waals surface area contributed by atoms with Crippen LogP contribution in [0.2, 0.25) is 5.02 Å². The molecule has 1 N–H and O–H groups in total. The molecule has 0 fully saturated rings. The van der Waals surface area contributed by atoms with Crippen molar-refractivity contribution in [3.05, 3.63) is 64.2 Å². The van der Waals surface area contributed by atoms with Gasteiger partial charge in [-0.3, -0.25) is 4.98 Å². The highest BCUT2D eigenvalue weighted by Gasteiger charge is 2.14. The Bertz CT molecular complexity index is 586. The van der Waals surface area contributed by atoms with E-state index in [1.54, 1.807) is 12.3 Å². The lowest BCUT2D eigenvalue weighted by Crippen LogP contribution is -2.23. The van der Waals surface area contributed by atoms with Gasteiger partial charge in [-0.05, 0) is 54.8 Å². The van der Waals surface area contributed by atoms with E-state index in [1.165, 1.54) is 11.6 Å². The number of hydrogen-bond acceptors (Lipinski definition) is 2. The van der Waals surface area contributed by atoms with Gasteiger partial charge >= 0.3 is 0 Å². The van der Waals surface area contributed by atoms with Gasteiger partial charge in [0.1, 0.15) is 5.82 Å². The van der Waals surface area contributed by atoms with E-state index in [9.17, 15) is 4.39 Å². The van der Waals surface area contributed by atoms with Crippen LogP contribution in [0.3, 0.4) is 0 Å². The minimum atomic E-state index is -0.370. The largest absolute Gasteiger partial charge is 0.310 e.